The molecule has 11 heteroatoms. The number of fused-ring (bicyclic) bond motifs is 2. The summed E-state index contributed by atoms with van der Waals surface area (Å²) >= 11 is 0. The highest BCUT2D eigenvalue weighted by Gasteiger charge is 2.21. The highest BCUT2D eigenvalue weighted by molar-refractivity contribution is 7.92. The second-order valence-corrected chi connectivity index (χ2v) is 10.6. The number of hydrogen-bond acceptors (Lipinski definition) is 7. The summed E-state index contributed by atoms with van der Waals surface area (Å²) < 4.78 is 45.1. The molecule has 0 radical (unpaired) electrons. The first-order chi connectivity index (χ1) is 18.7. The molecule has 1 aliphatic rings. The van der Waals surface area contributed by atoms with E-state index in [1.165, 1.54) is 24.4 Å². The monoisotopic (exact) mass is 549 g/mol. The maximum atomic E-state index is 13.3. The Morgan fingerprint density at radius 3 is 2.51 bits per heavy atom. The third-order valence-electron chi connectivity index (χ3n) is 6.24. The van der Waals surface area contributed by atoms with Gasteiger partial charge in [0.1, 0.15) is 24.5 Å². The molecule has 0 saturated heterocycles. The highest BCUT2D eigenvalue weighted by Crippen LogP contribution is 2.32. The molecule has 0 fully saturated rings. The van der Waals surface area contributed by atoms with E-state index in [9.17, 15) is 18.0 Å². The van der Waals surface area contributed by atoms with Gasteiger partial charge in [0.25, 0.3) is 15.9 Å². The van der Waals surface area contributed by atoms with E-state index in [4.69, 9.17) is 14.2 Å². The number of aromatic nitrogens is 1. The van der Waals surface area contributed by atoms with Crippen molar-refractivity contribution in [2.24, 2.45) is 0 Å². The predicted molar refractivity (Wildman–Crippen MR) is 146 cm³/mol. The number of rotatable bonds is 8. The van der Waals surface area contributed by atoms with Crippen molar-refractivity contribution in [3.8, 4) is 17.2 Å². The smallest absolute Gasteiger partial charge is 0.261 e. The summed E-state index contributed by atoms with van der Waals surface area (Å²) in [6, 6.07) is 15.6. The zero-order valence-corrected chi connectivity index (χ0v) is 22.1. The highest BCUT2D eigenvalue weighted by atomic mass is 32.2. The first-order valence-electron chi connectivity index (χ1n) is 12.4. The van der Waals surface area contributed by atoms with Gasteiger partial charge < -0.3 is 24.5 Å². The topological polar surface area (TPSA) is 136 Å². The van der Waals surface area contributed by atoms with Crippen LogP contribution in [-0.4, -0.2) is 39.1 Å². The Labute approximate surface area is 225 Å². The van der Waals surface area contributed by atoms with Crippen LogP contribution < -0.4 is 29.7 Å². The van der Waals surface area contributed by atoms with Crippen LogP contribution in [0.15, 0.2) is 76.6 Å². The molecule has 0 bridgehead atoms. The summed E-state index contributed by atoms with van der Waals surface area (Å²) in [5.41, 5.74) is 0.790. The quantitative estimate of drug-likeness (QED) is 0.302. The molecule has 0 spiro atoms. The lowest BCUT2D eigenvalue weighted by Crippen LogP contribution is -2.31. The number of nitrogens with one attached hydrogen (secondary N) is 3. The van der Waals surface area contributed by atoms with E-state index in [0.717, 1.165) is 5.56 Å². The van der Waals surface area contributed by atoms with E-state index in [-0.39, 0.29) is 15.8 Å². The third-order valence-corrected chi connectivity index (χ3v) is 7.62. The molecule has 1 aliphatic heterocycles. The van der Waals surface area contributed by atoms with Crippen molar-refractivity contribution in [1.82, 2.24) is 10.3 Å². The Morgan fingerprint density at radius 1 is 1.03 bits per heavy atom. The van der Waals surface area contributed by atoms with Gasteiger partial charge in [-0.1, -0.05) is 6.07 Å². The zero-order valence-electron chi connectivity index (χ0n) is 21.3. The number of anilines is 1. The Balaban J connectivity index is 1.37. The summed E-state index contributed by atoms with van der Waals surface area (Å²) in [6.07, 6.45) is 1.32. The number of benzene rings is 3. The number of carbonyl (C=O) groups is 1. The normalized spacial score (nSPS) is 13.5. The number of sulfonamides is 1. The van der Waals surface area contributed by atoms with Crippen molar-refractivity contribution < 1.29 is 27.4 Å². The average Bonchev–Trinajstić information content (AvgIpc) is 2.93. The summed E-state index contributed by atoms with van der Waals surface area (Å²) in [4.78, 5) is 29.1. The van der Waals surface area contributed by atoms with Crippen molar-refractivity contribution >= 4 is 32.5 Å². The fourth-order valence-corrected chi connectivity index (χ4v) is 5.30. The van der Waals surface area contributed by atoms with Crippen LogP contribution >= 0.6 is 0 Å². The van der Waals surface area contributed by atoms with E-state index in [2.05, 4.69) is 15.0 Å². The van der Waals surface area contributed by atoms with Crippen molar-refractivity contribution in [3.05, 3.63) is 88.2 Å². The molecule has 0 aliphatic carbocycles. The maximum absolute atomic E-state index is 13.3. The van der Waals surface area contributed by atoms with Crippen molar-refractivity contribution in [2.75, 3.05) is 24.5 Å². The molecule has 202 valence electrons. The van der Waals surface area contributed by atoms with Crippen LogP contribution in [-0.2, 0) is 10.0 Å². The predicted octanol–water partition coefficient (Wildman–Crippen LogP) is 3.99. The number of aromatic amines is 1. The Morgan fingerprint density at radius 2 is 1.77 bits per heavy atom. The van der Waals surface area contributed by atoms with Crippen LogP contribution in [0.4, 0.5) is 5.69 Å². The first-order valence-corrected chi connectivity index (χ1v) is 13.8. The minimum atomic E-state index is -4.01. The second kappa shape index (κ2) is 10.7. The van der Waals surface area contributed by atoms with Gasteiger partial charge in [0.15, 0.2) is 11.5 Å². The number of ether oxygens (including phenoxy) is 3. The molecule has 4 aromatic rings. The largest absolute Gasteiger partial charge is 0.494 e. The number of hydrogen-bond donors (Lipinski definition) is 3. The number of carbonyl (C=O) groups excluding carboxylic acids is 1. The van der Waals surface area contributed by atoms with E-state index in [0.29, 0.717) is 48.3 Å². The van der Waals surface area contributed by atoms with Gasteiger partial charge in [0.2, 0.25) is 5.43 Å². The van der Waals surface area contributed by atoms with Crippen molar-refractivity contribution in [1.29, 1.82) is 0 Å². The Bertz CT molecular complexity index is 1700. The lowest BCUT2D eigenvalue weighted by Gasteiger charge is -2.21. The van der Waals surface area contributed by atoms with Crippen LogP contribution in [0.5, 0.6) is 17.2 Å². The van der Waals surface area contributed by atoms with Gasteiger partial charge in [0.05, 0.1) is 17.5 Å². The fourth-order valence-electron chi connectivity index (χ4n) is 4.22. The van der Waals surface area contributed by atoms with Gasteiger partial charge in [-0.3, -0.25) is 14.3 Å². The van der Waals surface area contributed by atoms with E-state index >= 15 is 0 Å². The summed E-state index contributed by atoms with van der Waals surface area (Å²) in [5.74, 6) is 1.25. The minimum absolute atomic E-state index is 0.0733. The summed E-state index contributed by atoms with van der Waals surface area (Å²) in [6.45, 7) is 5.05. The molecule has 39 heavy (non-hydrogen) atoms. The lowest BCUT2D eigenvalue weighted by atomic mass is 10.1. The van der Waals surface area contributed by atoms with Crippen molar-refractivity contribution in [3.63, 3.8) is 0 Å². The molecule has 1 amide bonds. The van der Waals surface area contributed by atoms with E-state index in [1.54, 1.807) is 43.3 Å². The Kier molecular flexibility index (Phi) is 7.16. The van der Waals surface area contributed by atoms with Crippen LogP contribution in [0.1, 0.15) is 35.8 Å². The molecule has 2 heterocycles. The van der Waals surface area contributed by atoms with Crippen molar-refractivity contribution in [2.45, 2.75) is 24.8 Å². The van der Waals surface area contributed by atoms with Gasteiger partial charge in [0, 0.05) is 22.8 Å². The Hall–Kier alpha value is -4.51. The zero-order chi connectivity index (χ0) is 27.6. The molecule has 3 N–H and O–H groups in total. The molecular weight excluding hydrogens is 522 g/mol. The lowest BCUT2D eigenvalue weighted by molar-refractivity contribution is 0.0938. The van der Waals surface area contributed by atoms with Crippen LogP contribution in [0.25, 0.3) is 10.9 Å². The summed E-state index contributed by atoms with van der Waals surface area (Å²) in [5, 5.41) is 2.89. The van der Waals surface area contributed by atoms with Gasteiger partial charge in [-0.05, 0) is 74.0 Å². The first kappa shape index (κ1) is 26.1. The molecular formula is C28H27N3O7S. The molecule has 0 unspecified atom stereocenters. The molecule has 1 atom stereocenters. The summed E-state index contributed by atoms with van der Waals surface area (Å²) in [7, 11) is -4.01. The van der Waals surface area contributed by atoms with E-state index in [1.807, 2.05) is 13.0 Å². The standard InChI is InChI=1S/C28H27N3O7S/c1-3-36-20-7-5-19(6-8-20)31-39(34,35)21-9-10-24-22(15-21)27(32)23(16-29-24)28(33)30-17(2)18-4-11-25-26(14-18)38-13-12-37-25/h4-11,14-17,31H,3,12-13H2,1-2H3,(H,29,32)(H,30,33)/t17-/m1/s1. The minimum Gasteiger partial charge on any atom is -0.494 e. The van der Waals surface area contributed by atoms with E-state index < -0.39 is 27.4 Å². The van der Waals surface area contributed by atoms with Gasteiger partial charge in [-0.25, -0.2) is 8.42 Å². The molecule has 3 aromatic carbocycles. The van der Waals surface area contributed by atoms with Gasteiger partial charge >= 0.3 is 0 Å². The number of H-pyrrole nitrogens is 1. The van der Waals surface area contributed by atoms with Crippen LogP contribution in [0.3, 0.4) is 0 Å². The van der Waals surface area contributed by atoms with Gasteiger partial charge in [-0.2, -0.15) is 0 Å². The molecule has 1 aromatic heterocycles. The number of amides is 1. The van der Waals surface area contributed by atoms with Gasteiger partial charge in [-0.15, -0.1) is 0 Å². The average molecular weight is 550 g/mol. The molecule has 5 rings (SSSR count). The van der Waals surface area contributed by atoms with Crippen LogP contribution in [0.2, 0.25) is 0 Å². The molecule has 10 nitrogen and oxygen atoms in total. The molecule has 0 saturated carbocycles. The second-order valence-electron chi connectivity index (χ2n) is 8.90. The van der Waals surface area contributed by atoms with Crippen LogP contribution in [0, 0.1) is 0 Å². The maximum Gasteiger partial charge on any atom is 0.261 e. The SMILES string of the molecule is CCOc1ccc(NS(=O)(=O)c2ccc3[nH]cc(C(=O)N[C@H](C)c4ccc5c(c4)OCCO5)c(=O)c3c2)cc1. The number of pyridine rings is 1. The fraction of sp³-hybridized carbons (Fsp3) is 0.214. The third kappa shape index (κ3) is 5.53.